The molecule has 0 amide bonds. The number of thiophene rings is 1. The molecule has 1 aromatic rings. The van der Waals surface area contributed by atoms with E-state index < -0.39 is 6.04 Å². The fourth-order valence-electron chi connectivity index (χ4n) is 0.420. The minimum Gasteiger partial charge on any atom is -0.254 e. The van der Waals surface area contributed by atoms with Crippen LogP contribution in [0.3, 0.4) is 0 Å². The molecule has 1 rings (SSSR count). The standard InChI is InChI=1S/C5H2BrFOS/c6-4-2-1-3(9-4)5(7)8/h1-2H. The van der Waals surface area contributed by atoms with E-state index in [1.54, 1.807) is 6.07 Å². The summed E-state index contributed by atoms with van der Waals surface area (Å²) in [6.45, 7) is 0. The summed E-state index contributed by atoms with van der Waals surface area (Å²) < 4.78 is 12.6. The Labute approximate surface area is 63.6 Å². The zero-order chi connectivity index (χ0) is 6.85. The zero-order valence-electron chi connectivity index (χ0n) is 4.23. The topological polar surface area (TPSA) is 17.1 Å². The van der Waals surface area contributed by atoms with E-state index in [1.807, 2.05) is 0 Å². The maximum atomic E-state index is 11.8. The summed E-state index contributed by atoms with van der Waals surface area (Å²) in [4.78, 5) is 10.1. The zero-order valence-corrected chi connectivity index (χ0v) is 6.63. The van der Waals surface area contributed by atoms with Crippen molar-refractivity contribution in [2.24, 2.45) is 0 Å². The van der Waals surface area contributed by atoms with Gasteiger partial charge in [-0.05, 0) is 28.1 Å². The van der Waals surface area contributed by atoms with Gasteiger partial charge in [0.1, 0.15) is 4.88 Å². The van der Waals surface area contributed by atoms with Gasteiger partial charge in [0, 0.05) is 0 Å². The van der Waals surface area contributed by atoms with Gasteiger partial charge in [0.15, 0.2) is 0 Å². The molecule has 0 radical (unpaired) electrons. The Balaban J connectivity index is 2.98. The van der Waals surface area contributed by atoms with E-state index in [4.69, 9.17) is 0 Å². The van der Waals surface area contributed by atoms with E-state index in [0.29, 0.717) is 0 Å². The summed E-state index contributed by atoms with van der Waals surface area (Å²) in [6.07, 6.45) is 0. The lowest BCUT2D eigenvalue weighted by Gasteiger charge is -1.76. The molecule has 0 bridgehead atoms. The lowest BCUT2D eigenvalue weighted by Crippen LogP contribution is -1.80. The van der Waals surface area contributed by atoms with Gasteiger partial charge in [-0.3, -0.25) is 4.79 Å². The first-order valence-electron chi connectivity index (χ1n) is 2.15. The summed E-state index contributed by atoms with van der Waals surface area (Å²) in [5.74, 6) is 0. The van der Waals surface area contributed by atoms with E-state index in [9.17, 15) is 9.18 Å². The van der Waals surface area contributed by atoms with Crippen molar-refractivity contribution in [3.05, 3.63) is 20.8 Å². The van der Waals surface area contributed by atoms with E-state index in [2.05, 4.69) is 15.9 Å². The Bertz CT molecular complexity index is 233. The summed E-state index contributed by atoms with van der Waals surface area (Å²) >= 11 is 4.19. The molecule has 0 spiro atoms. The van der Waals surface area contributed by atoms with Crippen molar-refractivity contribution in [2.45, 2.75) is 0 Å². The van der Waals surface area contributed by atoms with Crippen LogP contribution >= 0.6 is 27.3 Å². The molecule has 0 aromatic carbocycles. The van der Waals surface area contributed by atoms with Crippen molar-refractivity contribution < 1.29 is 9.18 Å². The highest BCUT2D eigenvalue weighted by Crippen LogP contribution is 2.22. The highest BCUT2D eigenvalue weighted by atomic mass is 79.9. The van der Waals surface area contributed by atoms with Crippen molar-refractivity contribution in [1.82, 2.24) is 0 Å². The van der Waals surface area contributed by atoms with Gasteiger partial charge in [0.2, 0.25) is 0 Å². The van der Waals surface area contributed by atoms with Crippen LogP contribution in [0.1, 0.15) is 9.67 Å². The molecule has 0 atom stereocenters. The number of hydrogen-bond donors (Lipinski definition) is 0. The highest BCUT2D eigenvalue weighted by Gasteiger charge is 2.04. The minimum absolute atomic E-state index is 0.141. The molecular weight excluding hydrogens is 207 g/mol. The number of carbonyl (C=O) groups excluding carboxylic acids is 1. The lowest BCUT2D eigenvalue weighted by molar-refractivity contribution is 0.0840. The maximum absolute atomic E-state index is 11.8. The van der Waals surface area contributed by atoms with E-state index >= 15 is 0 Å². The van der Waals surface area contributed by atoms with E-state index in [0.717, 1.165) is 15.1 Å². The Hall–Kier alpha value is -0.220. The molecule has 0 unspecified atom stereocenters. The molecule has 0 N–H and O–H groups in total. The van der Waals surface area contributed by atoms with Gasteiger partial charge in [-0.25, -0.2) is 0 Å². The number of rotatable bonds is 1. The summed E-state index contributed by atoms with van der Waals surface area (Å²) in [5.41, 5.74) is 0. The smallest absolute Gasteiger partial charge is 0.254 e. The van der Waals surface area contributed by atoms with Gasteiger partial charge in [-0.2, -0.15) is 4.39 Å². The molecular formula is C5H2BrFOS. The van der Waals surface area contributed by atoms with Crippen LogP contribution < -0.4 is 0 Å². The SMILES string of the molecule is O=C(F)c1ccc(Br)s1. The van der Waals surface area contributed by atoms with Crippen LogP contribution in [0.15, 0.2) is 15.9 Å². The first-order chi connectivity index (χ1) is 4.20. The van der Waals surface area contributed by atoms with E-state index in [-0.39, 0.29) is 4.88 Å². The molecule has 0 aliphatic rings. The van der Waals surface area contributed by atoms with Gasteiger partial charge in [-0.15, -0.1) is 11.3 Å². The summed E-state index contributed by atoms with van der Waals surface area (Å²) in [5, 5.41) is 0. The summed E-state index contributed by atoms with van der Waals surface area (Å²) in [7, 11) is 0. The molecule has 4 heteroatoms. The van der Waals surface area contributed by atoms with Gasteiger partial charge in [0.25, 0.3) is 0 Å². The van der Waals surface area contributed by atoms with Crippen LogP contribution in [-0.4, -0.2) is 6.04 Å². The first-order valence-corrected chi connectivity index (χ1v) is 3.76. The monoisotopic (exact) mass is 208 g/mol. The summed E-state index contributed by atoms with van der Waals surface area (Å²) in [6, 6.07) is 1.71. The van der Waals surface area contributed by atoms with Crippen LogP contribution in [0, 0.1) is 0 Å². The Morgan fingerprint density at radius 3 is 2.56 bits per heavy atom. The highest BCUT2D eigenvalue weighted by molar-refractivity contribution is 9.11. The molecule has 1 heterocycles. The quantitative estimate of drug-likeness (QED) is 0.649. The van der Waals surface area contributed by atoms with Crippen LogP contribution in [0.2, 0.25) is 0 Å². The van der Waals surface area contributed by atoms with Gasteiger partial charge in [-0.1, -0.05) is 0 Å². The maximum Gasteiger partial charge on any atom is 0.342 e. The fourth-order valence-corrected chi connectivity index (χ4v) is 1.64. The molecule has 48 valence electrons. The molecule has 0 aliphatic carbocycles. The third-order valence-electron chi connectivity index (χ3n) is 0.767. The molecule has 1 nitrogen and oxygen atoms in total. The minimum atomic E-state index is -1.37. The third-order valence-corrected chi connectivity index (χ3v) is 2.36. The molecule has 0 fully saturated rings. The number of carbonyl (C=O) groups is 1. The van der Waals surface area contributed by atoms with Crippen LogP contribution in [0.5, 0.6) is 0 Å². The van der Waals surface area contributed by atoms with Crippen molar-refractivity contribution in [2.75, 3.05) is 0 Å². The fraction of sp³-hybridized carbons (Fsp3) is 0. The third kappa shape index (κ3) is 1.59. The van der Waals surface area contributed by atoms with Crippen molar-refractivity contribution in [3.8, 4) is 0 Å². The van der Waals surface area contributed by atoms with Crippen molar-refractivity contribution in [1.29, 1.82) is 0 Å². The second-order valence-electron chi connectivity index (χ2n) is 1.38. The molecule has 9 heavy (non-hydrogen) atoms. The predicted octanol–water partition coefficient (Wildman–Crippen LogP) is 2.62. The first kappa shape index (κ1) is 6.89. The average molecular weight is 209 g/mol. The van der Waals surface area contributed by atoms with Crippen molar-refractivity contribution in [3.63, 3.8) is 0 Å². The largest absolute Gasteiger partial charge is 0.342 e. The van der Waals surface area contributed by atoms with Crippen LogP contribution in [0.4, 0.5) is 4.39 Å². The van der Waals surface area contributed by atoms with Crippen molar-refractivity contribution >= 4 is 33.3 Å². The normalized spacial score (nSPS) is 9.56. The lowest BCUT2D eigenvalue weighted by atomic mass is 10.5. The Kier molecular flexibility index (Phi) is 1.97. The number of hydrogen-bond acceptors (Lipinski definition) is 2. The average Bonchev–Trinajstić information content (AvgIpc) is 2.14. The van der Waals surface area contributed by atoms with Gasteiger partial charge >= 0.3 is 6.04 Å². The second kappa shape index (κ2) is 2.58. The Morgan fingerprint density at radius 2 is 2.33 bits per heavy atom. The van der Waals surface area contributed by atoms with E-state index in [1.165, 1.54) is 6.07 Å². The Morgan fingerprint density at radius 1 is 1.67 bits per heavy atom. The second-order valence-corrected chi connectivity index (χ2v) is 3.84. The molecule has 0 saturated heterocycles. The van der Waals surface area contributed by atoms with Gasteiger partial charge in [0.05, 0.1) is 3.79 Å². The number of halogens is 2. The van der Waals surface area contributed by atoms with Crippen LogP contribution in [0.25, 0.3) is 0 Å². The molecule has 1 aromatic heterocycles. The van der Waals surface area contributed by atoms with Gasteiger partial charge < -0.3 is 0 Å². The molecule has 0 saturated carbocycles. The van der Waals surface area contributed by atoms with Crippen LogP contribution in [-0.2, 0) is 0 Å². The predicted molar refractivity (Wildman–Crippen MR) is 37.5 cm³/mol. The molecule has 0 aliphatic heterocycles.